The molecule has 0 saturated carbocycles. The Balaban J connectivity index is 2.25. The standard InChI is InChI=1S/C18H16O5/c1-9-4-5-13-15(6-9)23-16-8-12(22-11(3)10(2)19)7-14(20)17(16)18(13)21/h4-8,11,20H,1-3H3. The molecule has 0 spiro atoms. The summed E-state index contributed by atoms with van der Waals surface area (Å²) in [5.74, 6) is -0.0995. The highest BCUT2D eigenvalue weighted by Crippen LogP contribution is 2.31. The van der Waals surface area contributed by atoms with E-state index in [0.29, 0.717) is 11.0 Å². The van der Waals surface area contributed by atoms with Crippen LogP contribution >= 0.6 is 0 Å². The normalized spacial score (nSPS) is 12.5. The van der Waals surface area contributed by atoms with Crippen molar-refractivity contribution in [1.29, 1.82) is 0 Å². The van der Waals surface area contributed by atoms with Gasteiger partial charge in [0.2, 0.25) is 5.43 Å². The van der Waals surface area contributed by atoms with Crippen molar-refractivity contribution in [3.05, 3.63) is 46.1 Å². The van der Waals surface area contributed by atoms with Gasteiger partial charge in [0.05, 0.1) is 5.39 Å². The maximum absolute atomic E-state index is 12.5. The lowest BCUT2D eigenvalue weighted by atomic mass is 10.1. The van der Waals surface area contributed by atoms with Crippen molar-refractivity contribution in [2.75, 3.05) is 0 Å². The molecule has 0 fully saturated rings. The molecule has 0 amide bonds. The Hall–Kier alpha value is -2.82. The average Bonchev–Trinajstić information content (AvgIpc) is 2.46. The molecular formula is C18H16O5. The number of rotatable bonds is 3. The van der Waals surface area contributed by atoms with Gasteiger partial charge in [-0.25, -0.2) is 0 Å². The van der Waals surface area contributed by atoms with Crippen LogP contribution in [0.1, 0.15) is 19.4 Å². The predicted molar refractivity (Wildman–Crippen MR) is 87.2 cm³/mol. The smallest absolute Gasteiger partial charge is 0.204 e. The van der Waals surface area contributed by atoms with Crippen molar-refractivity contribution in [2.24, 2.45) is 0 Å². The van der Waals surface area contributed by atoms with Gasteiger partial charge in [0.25, 0.3) is 0 Å². The van der Waals surface area contributed by atoms with Crippen molar-refractivity contribution < 1.29 is 19.1 Å². The van der Waals surface area contributed by atoms with E-state index in [9.17, 15) is 14.7 Å². The van der Waals surface area contributed by atoms with Crippen molar-refractivity contribution in [3.63, 3.8) is 0 Å². The molecule has 0 saturated heterocycles. The molecule has 0 aliphatic heterocycles. The average molecular weight is 312 g/mol. The molecule has 0 radical (unpaired) electrons. The van der Waals surface area contributed by atoms with Crippen molar-refractivity contribution in [2.45, 2.75) is 26.9 Å². The Morgan fingerprint density at radius 2 is 1.96 bits per heavy atom. The molecule has 2 aromatic carbocycles. The predicted octanol–water partition coefficient (Wildman–Crippen LogP) is 3.32. The summed E-state index contributed by atoms with van der Waals surface area (Å²) in [5.41, 5.74) is 1.32. The summed E-state index contributed by atoms with van der Waals surface area (Å²) in [7, 11) is 0. The molecule has 1 heterocycles. The molecule has 5 heteroatoms. The number of ether oxygens (including phenoxy) is 1. The van der Waals surface area contributed by atoms with Crippen LogP contribution in [0.3, 0.4) is 0 Å². The van der Waals surface area contributed by atoms with Gasteiger partial charge in [-0.05, 0) is 38.5 Å². The Kier molecular flexibility index (Phi) is 3.56. The van der Waals surface area contributed by atoms with Gasteiger partial charge in [0, 0.05) is 12.1 Å². The number of hydrogen-bond donors (Lipinski definition) is 1. The monoisotopic (exact) mass is 312 g/mol. The van der Waals surface area contributed by atoms with E-state index in [2.05, 4.69) is 0 Å². The lowest BCUT2D eigenvalue weighted by Crippen LogP contribution is -2.20. The fourth-order valence-corrected chi connectivity index (χ4v) is 2.39. The van der Waals surface area contributed by atoms with E-state index in [-0.39, 0.29) is 33.7 Å². The third-order valence-corrected chi connectivity index (χ3v) is 3.77. The summed E-state index contributed by atoms with van der Waals surface area (Å²) in [6.07, 6.45) is -0.652. The van der Waals surface area contributed by atoms with E-state index >= 15 is 0 Å². The Bertz CT molecular complexity index is 984. The third-order valence-electron chi connectivity index (χ3n) is 3.77. The molecule has 3 rings (SSSR count). The molecule has 23 heavy (non-hydrogen) atoms. The molecule has 1 unspecified atom stereocenters. The number of fused-ring (bicyclic) bond motifs is 2. The zero-order valence-electron chi connectivity index (χ0n) is 13.0. The second-order valence-corrected chi connectivity index (χ2v) is 5.62. The van der Waals surface area contributed by atoms with E-state index in [1.165, 1.54) is 19.1 Å². The summed E-state index contributed by atoms with van der Waals surface area (Å²) in [5, 5.41) is 10.7. The van der Waals surface area contributed by atoms with Crippen molar-refractivity contribution in [3.8, 4) is 11.5 Å². The molecule has 118 valence electrons. The Morgan fingerprint density at radius 1 is 1.22 bits per heavy atom. The first-order valence-electron chi connectivity index (χ1n) is 7.24. The third kappa shape index (κ3) is 2.65. The van der Waals surface area contributed by atoms with Crippen molar-refractivity contribution >= 4 is 27.7 Å². The van der Waals surface area contributed by atoms with Crippen LogP contribution in [0.25, 0.3) is 21.9 Å². The highest BCUT2D eigenvalue weighted by atomic mass is 16.5. The second-order valence-electron chi connectivity index (χ2n) is 5.62. The summed E-state index contributed by atoms with van der Waals surface area (Å²) < 4.78 is 11.2. The molecule has 1 aromatic heterocycles. The van der Waals surface area contributed by atoms with Gasteiger partial charge >= 0.3 is 0 Å². The van der Waals surface area contributed by atoms with Gasteiger partial charge in [0.15, 0.2) is 11.9 Å². The minimum Gasteiger partial charge on any atom is -0.507 e. The van der Waals surface area contributed by atoms with Crippen LogP contribution in [0.4, 0.5) is 0 Å². The molecule has 5 nitrogen and oxygen atoms in total. The van der Waals surface area contributed by atoms with Gasteiger partial charge < -0.3 is 14.3 Å². The first-order chi connectivity index (χ1) is 10.9. The fourth-order valence-electron chi connectivity index (χ4n) is 2.39. The summed E-state index contributed by atoms with van der Waals surface area (Å²) in [6, 6.07) is 8.08. The lowest BCUT2D eigenvalue weighted by Gasteiger charge is -2.12. The minimum atomic E-state index is -0.652. The first kappa shape index (κ1) is 15.1. The minimum absolute atomic E-state index is 0.101. The van der Waals surface area contributed by atoms with E-state index in [4.69, 9.17) is 9.15 Å². The van der Waals surface area contributed by atoms with Crippen LogP contribution in [0.15, 0.2) is 39.5 Å². The Morgan fingerprint density at radius 3 is 2.65 bits per heavy atom. The fraction of sp³-hybridized carbons (Fsp3) is 0.222. The molecule has 0 aliphatic carbocycles. The highest BCUT2D eigenvalue weighted by molar-refractivity contribution is 5.94. The molecule has 0 aliphatic rings. The van der Waals surface area contributed by atoms with Crippen LogP contribution in [0.5, 0.6) is 11.5 Å². The highest BCUT2D eigenvalue weighted by Gasteiger charge is 2.16. The molecule has 1 N–H and O–H groups in total. The quantitative estimate of drug-likeness (QED) is 0.751. The van der Waals surface area contributed by atoms with E-state index in [0.717, 1.165) is 5.56 Å². The van der Waals surface area contributed by atoms with Crippen LogP contribution in [-0.2, 0) is 4.79 Å². The van der Waals surface area contributed by atoms with Gasteiger partial charge in [-0.3, -0.25) is 9.59 Å². The topological polar surface area (TPSA) is 76.7 Å². The number of ketones is 1. The van der Waals surface area contributed by atoms with Gasteiger partial charge in [-0.15, -0.1) is 0 Å². The number of carbonyl (C=O) groups excluding carboxylic acids is 1. The largest absolute Gasteiger partial charge is 0.507 e. The van der Waals surface area contributed by atoms with Gasteiger partial charge in [0.1, 0.15) is 28.1 Å². The number of phenolic OH excluding ortho intramolecular Hbond substituents is 1. The molecule has 1 atom stereocenters. The Labute approximate surface area is 132 Å². The number of Topliss-reactive ketones (excluding diaryl/α,β-unsaturated/α-hetero) is 1. The maximum atomic E-state index is 12.5. The molecular weight excluding hydrogens is 296 g/mol. The number of phenols is 1. The second kappa shape index (κ2) is 5.43. The van der Waals surface area contributed by atoms with E-state index in [1.807, 2.05) is 13.0 Å². The summed E-state index contributed by atoms with van der Waals surface area (Å²) in [6.45, 7) is 4.93. The van der Waals surface area contributed by atoms with Crippen LogP contribution in [0, 0.1) is 6.92 Å². The number of carbonyl (C=O) groups is 1. The number of benzene rings is 2. The van der Waals surface area contributed by atoms with Crippen molar-refractivity contribution in [1.82, 2.24) is 0 Å². The SMILES string of the molecule is CC(=O)C(C)Oc1cc(O)c2c(=O)c3ccc(C)cc3oc2c1. The van der Waals surface area contributed by atoms with E-state index < -0.39 is 6.10 Å². The number of aryl methyl sites for hydroxylation is 1. The van der Waals surface area contributed by atoms with E-state index in [1.54, 1.807) is 19.1 Å². The molecule has 3 aromatic rings. The lowest BCUT2D eigenvalue weighted by molar-refractivity contribution is -0.122. The maximum Gasteiger partial charge on any atom is 0.204 e. The van der Waals surface area contributed by atoms with Gasteiger partial charge in [-0.1, -0.05) is 6.07 Å². The number of aromatic hydroxyl groups is 1. The first-order valence-corrected chi connectivity index (χ1v) is 7.24. The number of hydrogen-bond acceptors (Lipinski definition) is 5. The zero-order chi connectivity index (χ0) is 16.7. The van der Waals surface area contributed by atoms with Crippen LogP contribution in [0.2, 0.25) is 0 Å². The van der Waals surface area contributed by atoms with Gasteiger partial charge in [-0.2, -0.15) is 0 Å². The van der Waals surface area contributed by atoms with Crippen LogP contribution < -0.4 is 10.2 Å². The summed E-state index contributed by atoms with van der Waals surface area (Å²) in [4.78, 5) is 23.8. The zero-order valence-corrected chi connectivity index (χ0v) is 13.0. The molecule has 0 bridgehead atoms. The van der Waals surface area contributed by atoms with Crippen LogP contribution in [-0.4, -0.2) is 17.0 Å². The summed E-state index contributed by atoms with van der Waals surface area (Å²) >= 11 is 0.